The average Bonchev–Trinajstić information content (AvgIpc) is 2.47. The second kappa shape index (κ2) is 6.39. The summed E-state index contributed by atoms with van der Waals surface area (Å²) in [7, 11) is 0. The van der Waals surface area contributed by atoms with E-state index in [4.69, 9.17) is 5.73 Å². The van der Waals surface area contributed by atoms with Crippen LogP contribution < -0.4 is 11.1 Å². The van der Waals surface area contributed by atoms with Gasteiger partial charge in [-0.1, -0.05) is 0 Å². The molecule has 1 aliphatic heterocycles. The number of amides is 3. The number of rotatable bonds is 2. The zero-order valence-corrected chi connectivity index (χ0v) is 12.0. The summed E-state index contributed by atoms with van der Waals surface area (Å²) in [5, 5.41) is 2.54. The van der Waals surface area contributed by atoms with Gasteiger partial charge in [0.2, 0.25) is 5.91 Å². The van der Waals surface area contributed by atoms with Crippen LogP contribution in [0.25, 0.3) is 0 Å². The van der Waals surface area contributed by atoms with Crippen LogP contribution in [0.1, 0.15) is 36.5 Å². The fraction of sp³-hybridized carbons (Fsp3) is 0.400. The fourth-order valence-electron chi connectivity index (χ4n) is 2.43. The van der Waals surface area contributed by atoms with Gasteiger partial charge in [0.25, 0.3) is 0 Å². The predicted molar refractivity (Wildman–Crippen MR) is 78.6 cm³/mol. The highest BCUT2D eigenvalue weighted by molar-refractivity contribution is 6.39. The number of primary amides is 1. The molecule has 0 spiro atoms. The molecule has 1 fully saturated rings. The van der Waals surface area contributed by atoms with Crippen LogP contribution in [0.2, 0.25) is 0 Å². The molecule has 3 amide bonds. The molecule has 1 heterocycles. The second-order valence-electron chi connectivity index (χ2n) is 5.24. The van der Waals surface area contributed by atoms with Gasteiger partial charge in [0.05, 0.1) is 0 Å². The van der Waals surface area contributed by atoms with Crippen LogP contribution in [0.4, 0.5) is 5.69 Å². The molecule has 0 aromatic heterocycles. The minimum Gasteiger partial charge on any atom is -0.366 e. The van der Waals surface area contributed by atoms with Crippen LogP contribution in [0.5, 0.6) is 0 Å². The lowest BCUT2D eigenvalue weighted by Crippen LogP contribution is -2.47. The molecule has 1 unspecified atom stereocenters. The summed E-state index contributed by atoms with van der Waals surface area (Å²) in [5.41, 5.74) is 5.95. The van der Waals surface area contributed by atoms with Crippen molar-refractivity contribution in [3.8, 4) is 0 Å². The van der Waals surface area contributed by atoms with E-state index in [0.29, 0.717) is 17.8 Å². The highest BCUT2D eigenvalue weighted by Crippen LogP contribution is 2.17. The van der Waals surface area contributed by atoms with Crippen molar-refractivity contribution < 1.29 is 14.4 Å². The maximum atomic E-state index is 12.1. The topological polar surface area (TPSA) is 92.5 Å². The quantitative estimate of drug-likeness (QED) is 0.799. The van der Waals surface area contributed by atoms with Crippen LogP contribution in [0, 0.1) is 0 Å². The van der Waals surface area contributed by atoms with Crippen molar-refractivity contribution in [2.75, 3.05) is 11.9 Å². The molecule has 1 aliphatic rings. The molecule has 1 aromatic rings. The third-order valence-corrected chi connectivity index (χ3v) is 3.69. The molecule has 2 rings (SSSR count). The number of hydrogen-bond acceptors (Lipinski definition) is 3. The Morgan fingerprint density at radius 2 is 1.86 bits per heavy atom. The summed E-state index contributed by atoms with van der Waals surface area (Å²) in [6.07, 6.45) is 2.93. The third kappa shape index (κ3) is 3.59. The first-order valence-electron chi connectivity index (χ1n) is 7.01. The highest BCUT2D eigenvalue weighted by Gasteiger charge is 2.28. The average molecular weight is 289 g/mol. The van der Waals surface area contributed by atoms with E-state index < -0.39 is 17.7 Å². The molecule has 1 saturated heterocycles. The zero-order chi connectivity index (χ0) is 15.4. The lowest BCUT2D eigenvalue weighted by Gasteiger charge is -2.32. The number of nitrogens with two attached hydrogens (primary N) is 1. The first-order chi connectivity index (χ1) is 9.99. The molecule has 6 heteroatoms. The van der Waals surface area contributed by atoms with Crippen molar-refractivity contribution in [3.63, 3.8) is 0 Å². The molecule has 0 aliphatic carbocycles. The van der Waals surface area contributed by atoms with Gasteiger partial charge in [0, 0.05) is 23.8 Å². The predicted octanol–water partition coefficient (Wildman–Crippen LogP) is 1.12. The highest BCUT2D eigenvalue weighted by atomic mass is 16.2. The van der Waals surface area contributed by atoms with Crippen LogP contribution in [-0.4, -0.2) is 35.2 Å². The standard InChI is InChI=1S/C15H19N3O3/c1-10-4-2-3-9-18(10)15(21)14(20)17-12-7-5-11(6-8-12)13(16)19/h5-8,10H,2-4,9H2,1H3,(H2,16,19)(H,17,20). The van der Waals surface area contributed by atoms with Gasteiger partial charge in [0.15, 0.2) is 0 Å². The Bertz CT molecular complexity index is 554. The lowest BCUT2D eigenvalue weighted by molar-refractivity contribution is -0.145. The number of nitrogens with one attached hydrogen (secondary N) is 1. The molecule has 0 bridgehead atoms. The third-order valence-electron chi connectivity index (χ3n) is 3.69. The smallest absolute Gasteiger partial charge is 0.313 e. The Kier molecular flexibility index (Phi) is 4.57. The van der Waals surface area contributed by atoms with Gasteiger partial charge in [-0.05, 0) is 50.5 Å². The van der Waals surface area contributed by atoms with Crippen LogP contribution in [0.3, 0.4) is 0 Å². The van der Waals surface area contributed by atoms with Crippen LogP contribution in [-0.2, 0) is 9.59 Å². The van der Waals surface area contributed by atoms with E-state index in [1.54, 1.807) is 17.0 Å². The monoisotopic (exact) mass is 289 g/mol. The Morgan fingerprint density at radius 3 is 2.43 bits per heavy atom. The number of likely N-dealkylation sites (tertiary alicyclic amines) is 1. The van der Waals surface area contributed by atoms with E-state index in [1.165, 1.54) is 12.1 Å². The van der Waals surface area contributed by atoms with Gasteiger partial charge in [-0.15, -0.1) is 0 Å². The summed E-state index contributed by atoms with van der Waals surface area (Å²) >= 11 is 0. The fourth-order valence-corrected chi connectivity index (χ4v) is 2.43. The first-order valence-corrected chi connectivity index (χ1v) is 7.01. The number of hydrogen-bond donors (Lipinski definition) is 2. The largest absolute Gasteiger partial charge is 0.366 e. The Balaban J connectivity index is 2.00. The van der Waals surface area contributed by atoms with Crippen molar-refractivity contribution in [2.24, 2.45) is 5.73 Å². The minimum absolute atomic E-state index is 0.0919. The maximum Gasteiger partial charge on any atom is 0.313 e. The number of anilines is 1. The number of carbonyl (C=O) groups is 3. The molecule has 3 N–H and O–H groups in total. The Labute approximate surface area is 123 Å². The van der Waals surface area contributed by atoms with Gasteiger partial charge in [-0.3, -0.25) is 14.4 Å². The van der Waals surface area contributed by atoms with Crippen molar-refractivity contribution in [1.82, 2.24) is 4.90 Å². The number of benzene rings is 1. The molecule has 0 saturated carbocycles. The molecule has 6 nitrogen and oxygen atoms in total. The lowest BCUT2D eigenvalue weighted by atomic mass is 10.0. The van der Waals surface area contributed by atoms with Crippen molar-refractivity contribution in [1.29, 1.82) is 0 Å². The molecule has 112 valence electrons. The van der Waals surface area contributed by atoms with E-state index >= 15 is 0 Å². The molecule has 0 radical (unpaired) electrons. The van der Waals surface area contributed by atoms with Crippen molar-refractivity contribution in [3.05, 3.63) is 29.8 Å². The summed E-state index contributed by atoms with van der Waals surface area (Å²) in [6, 6.07) is 6.20. The molecule has 21 heavy (non-hydrogen) atoms. The van der Waals surface area contributed by atoms with E-state index in [-0.39, 0.29) is 6.04 Å². The van der Waals surface area contributed by atoms with Crippen LogP contribution in [0.15, 0.2) is 24.3 Å². The van der Waals surface area contributed by atoms with E-state index in [9.17, 15) is 14.4 Å². The number of carbonyl (C=O) groups excluding carboxylic acids is 3. The van der Waals surface area contributed by atoms with Gasteiger partial charge >= 0.3 is 11.8 Å². The van der Waals surface area contributed by atoms with Crippen molar-refractivity contribution in [2.45, 2.75) is 32.2 Å². The van der Waals surface area contributed by atoms with Crippen molar-refractivity contribution >= 4 is 23.4 Å². The zero-order valence-electron chi connectivity index (χ0n) is 12.0. The summed E-state index contributed by atoms with van der Waals surface area (Å²) < 4.78 is 0. The molecular formula is C15H19N3O3. The summed E-state index contributed by atoms with van der Waals surface area (Å²) in [4.78, 5) is 36.7. The normalized spacial score (nSPS) is 18.1. The van der Waals surface area contributed by atoms with E-state index in [1.807, 2.05) is 6.92 Å². The maximum absolute atomic E-state index is 12.1. The van der Waals surface area contributed by atoms with Crippen LogP contribution >= 0.6 is 0 Å². The van der Waals surface area contributed by atoms with Gasteiger partial charge in [-0.2, -0.15) is 0 Å². The van der Waals surface area contributed by atoms with E-state index in [2.05, 4.69) is 5.32 Å². The number of nitrogens with zero attached hydrogens (tertiary/aromatic N) is 1. The van der Waals surface area contributed by atoms with Gasteiger partial charge in [0.1, 0.15) is 0 Å². The molecule has 1 atom stereocenters. The minimum atomic E-state index is -0.657. The van der Waals surface area contributed by atoms with Gasteiger partial charge < -0.3 is 16.0 Å². The second-order valence-corrected chi connectivity index (χ2v) is 5.24. The molecule has 1 aromatic carbocycles. The van der Waals surface area contributed by atoms with Gasteiger partial charge in [-0.25, -0.2) is 0 Å². The summed E-state index contributed by atoms with van der Waals surface area (Å²) in [5.74, 6) is -1.71. The SMILES string of the molecule is CC1CCCCN1C(=O)C(=O)Nc1ccc(C(N)=O)cc1. The van der Waals surface area contributed by atoms with E-state index in [0.717, 1.165) is 19.3 Å². The molecular weight excluding hydrogens is 270 g/mol. The summed E-state index contributed by atoms with van der Waals surface area (Å²) in [6.45, 7) is 2.57. The Hall–Kier alpha value is -2.37. The number of piperidine rings is 1. The Morgan fingerprint density at radius 1 is 1.19 bits per heavy atom. The first kappa shape index (κ1) is 15.0.